The van der Waals surface area contributed by atoms with Gasteiger partial charge in [0, 0.05) is 13.0 Å². The van der Waals surface area contributed by atoms with Gasteiger partial charge in [0.15, 0.2) is 0 Å². The second kappa shape index (κ2) is 7.18. The van der Waals surface area contributed by atoms with Crippen molar-refractivity contribution in [3.8, 4) is 0 Å². The molecule has 16 heavy (non-hydrogen) atoms. The number of carbonyl (C=O) groups is 1. The lowest BCUT2D eigenvalue weighted by Crippen LogP contribution is -2.33. The van der Waals surface area contributed by atoms with Gasteiger partial charge in [-0.3, -0.25) is 4.79 Å². The Morgan fingerprint density at radius 2 is 2.00 bits per heavy atom. The first-order chi connectivity index (χ1) is 7.74. The van der Waals surface area contributed by atoms with Crippen LogP contribution in [0.1, 0.15) is 38.7 Å². The van der Waals surface area contributed by atoms with Crippen LogP contribution in [0.3, 0.4) is 0 Å². The fraction of sp³-hybridized carbons (Fsp3) is 0.500. The van der Waals surface area contributed by atoms with Crippen LogP contribution in [0.2, 0.25) is 0 Å². The molecule has 0 unspecified atom stereocenters. The average molecular weight is 219 g/mol. The molecule has 0 aliphatic carbocycles. The van der Waals surface area contributed by atoms with Gasteiger partial charge in [0.25, 0.3) is 0 Å². The largest absolute Gasteiger partial charge is 0.304 e. The Morgan fingerprint density at radius 1 is 1.31 bits per heavy atom. The van der Waals surface area contributed by atoms with Crippen molar-refractivity contribution in [2.24, 2.45) is 0 Å². The number of rotatable bonds is 7. The molecule has 0 amide bonds. The molecule has 0 aliphatic heterocycles. The summed E-state index contributed by atoms with van der Waals surface area (Å²) in [5, 5.41) is 3.26. The third-order valence-electron chi connectivity index (χ3n) is 2.71. The van der Waals surface area contributed by atoms with Crippen molar-refractivity contribution in [2.45, 2.75) is 45.7 Å². The predicted molar refractivity (Wildman–Crippen MR) is 67.3 cm³/mol. The zero-order valence-corrected chi connectivity index (χ0v) is 10.2. The van der Waals surface area contributed by atoms with Gasteiger partial charge in [-0.2, -0.15) is 0 Å². The molecule has 1 aromatic rings. The summed E-state index contributed by atoms with van der Waals surface area (Å²) < 4.78 is 0. The Morgan fingerprint density at radius 3 is 2.62 bits per heavy atom. The SMILES string of the molecule is CCCCC(=O)[C@H](C)NCc1ccccc1. The highest BCUT2D eigenvalue weighted by Crippen LogP contribution is 2.02. The number of hydrogen-bond acceptors (Lipinski definition) is 2. The lowest BCUT2D eigenvalue weighted by Gasteiger charge is -2.12. The van der Waals surface area contributed by atoms with Crippen LogP contribution in [0.15, 0.2) is 30.3 Å². The maximum absolute atomic E-state index is 11.7. The fourth-order valence-electron chi connectivity index (χ4n) is 1.55. The summed E-state index contributed by atoms with van der Waals surface area (Å²) in [6.45, 7) is 4.82. The van der Waals surface area contributed by atoms with Crippen LogP contribution in [0.25, 0.3) is 0 Å². The molecule has 0 saturated carbocycles. The van der Waals surface area contributed by atoms with Crippen molar-refractivity contribution in [3.63, 3.8) is 0 Å². The van der Waals surface area contributed by atoms with E-state index in [9.17, 15) is 4.79 Å². The number of carbonyl (C=O) groups excluding carboxylic acids is 1. The summed E-state index contributed by atoms with van der Waals surface area (Å²) in [7, 11) is 0. The van der Waals surface area contributed by atoms with Crippen LogP contribution in [0.4, 0.5) is 0 Å². The second-order valence-electron chi connectivity index (χ2n) is 4.16. The molecule has 0 fully saturated rings. The summed E-state index contributed by atoms with van der Waals surface area (Å²) in [5.41, 5.74) is 1.22. The van der Waals surface area contributed by atoms with Gasteiger partial charge in [0.1, 0.15) is 5.78 Å². The van der Waals surface area contributed by atoms with Crippen LogP contribution < -0.4 is 5.32 Å². The third kappa shape index (κ3) is 4.58. The monoisotopic (exact) mass is 219 g/mol. The number of hydrogen-bond donors (Lipinski definition) is 1. The van der Waals surface area contributed by atoms with Crippen molar-refractivity contribution in [1.82, 2.24) is 5.32 Å². The van der Waals surface area contributed by atoms with Crippen molar-refractivity contribution in [2.75, 3.05) is 0 Å². The second-order valence-corrected chi connectivity index (χ2v) is 4.16. The minimum Gasteiger partial charge on any atom is -0.304 e. The number of nitrogens with one attached hydrogen (secondary N) is 1. The van der Waals surface area contributed by atoms with E-state index < -0.39 is 0 Å². The van der Waals surface area contributed by atoms with Gasteiger partial charge in [-0.1, -0.05) is 43.7 Å². The van der Waals surface area contributed by atoms with E-state index in [1.165, 1.54) is 5.56 Å². The highest BCUT2D eigenvalue weighted by Gasteiger charge is 2.10. The zero-order valence-electron chi connectivity index (χ0n) is 10.2. The van der Waals surface area contributed by atoms with Gasteiger partial charge in [-0.05, 0) is 18.9 Å². The van der Waals surface area contributed by atoms with Gasteiger partial charge in [0.05, 0.1) is 6.04 Å². The normalized spacial score (nSPS) is 12.4. The quantitative estimate of drug-likeness (QED) is 0.764. The molecule has 1 aromatic carbocycles. The Labute approximate surface area is 98.1 Å². The molecule has 88 valence electrons. The average Bonchev–Trinajstić information content (AvgIpc) is 2.34. The van der Waals surface area contributed by atoms with Gasteiger partial charge >= 0.3 is 0 Å². The minimum atomic E-state index is -0.0354. The van der Waals surface area contributed by atoms with E-state index in [1.54, 1.807) is 0 Å². The molecule has 1 rings (SSSR count). The molecule has 1 atom stereocenters. The van der Waals surface area contributed by atoms with Crippen molar-refractivity contribution < 1.29 is 4.79 Å². The molecule has 0 heterocycles. The van der Waals surface area contributed by atoms with E-state index in [-0.39, 0.29) is 6.04 Å². The molecule has 0 spiro atoms. The zero-order chi connectivity index (χ0) is 11.8. The van der Waals surface area contributed by atoms with Gasteiger partial charge < -0.3 is 5.32 Å². The molecule has 1 N–H and O–H groups in total. The van der Waals surface area contributed by atoms with E-state index in [2.05, 4.69) is 24.4 Å². The van der Waals surface area contributed by atoms with Gasteiger partial charge in [-0.15, -0.1) is 0 Å². The van der Waals surface area contributed by atoms with Crippen LogP contribution in [-0.2, 0) is 11.3 Å². The Bertz CT molecular complexity index is 308. The fourth-order valence-corrected chi connectivity index (χ4v) is 1.55. The van der Waals surface area contributed by atoms with Gasteiger partial charge in [0.2, 0.25) is 0 Å². The lowest BCUT2D eigenvalue weighted by atomic mass is 10.1. The van der Waals surface area contributed by atoms with Crippen molar-refractivity contribution in [3.05, 3.63) is 35.9 Å². The van der Waals surface area contributed by atoms with Crippen molar-refractivity contribution in [1.29, 1.82) is 0 Å². The standard InChI is InChI=1S/C14H21NO/c1-3-4-10-14(16)12(2)15-11-13-8-6-5-7-9-13/h5-9,12,15H,3-4,10-11H2,1-2H3/t12-/m0/s1. The Balaban J connectivity index is 2.29. The first-order valence-corrected chi connectivity index (χ1v) is 6.04. The van der Waals surface area contributed by atoms with Crippen LogP contribution in [-0.4, -0.2) is 11.8 Å². The van der Waals surface area contributed by atoms with Crippen LogP contribution in [0, 0.1) is 0 Å². The minimum absolute atomic E-state index is 0.0354. The molecule has 0 aromatic heterocycles. The van der Waals surface area contributed by atoms with E-state index in [1.807, 2.05) is 25.1 Å². The smallest absolute Gasteiger partial charge is 0.149 e. The highest BCUT2D eigenvalue weighted by atomic mass is 16.1. The maximum atomic E-state index is 11.7. The molecule has 0 radical (unpaired) electrons. The number of Topliss-reactive ketones (excluding diaryl/α,β-unsaturated/α-hetero) is 1. The molecule has 0 aliphatic rings. The van der Waals surface area contributed by atoms with Crippen LogP contribution >= 0.6 is 0 Å². The molecule has 0 bridgehead atoms. The van der Waals surface area contributed by atoms with E-state index in [4.69, 9.17) is 0 Å². The van der Waals surface area contributed by atoms with E-state index >= 15 is 0 Å². The van der Waals surface area contributed by atoms with Gasteiger partial charge in [-0.25, -0.2) is 0 Å². The Kier molecular flexibility index (Phi) is 5.79. The number of ketones is 1. The maximum Gasteiger partial charge on any atom is 0.149 e. The molecule has 2 heteroatoms. The Hall–Kier alpha value is -1.15. The van der Waals surface area contributed by atoms with E-state index in [0.29, 0.717) is 12.2 Å². The molecule has 2 nitrogen and oxygen atoms in total. The summed E-state index contributed by atoms with van der Waals surface area (Å²) in [5.74, 6) is 0.317. The predicted octanol–water partition coefficient (Wildman–Crippen LogP) is 2.92. The number of unbranched alkanes of at least 4 members (excludes halogenated alkanes) is 1. The topological polar surface area (TPSA) is 29.1 Å². The first kappa shape index (κ1) is 12.9. The number of benzene rings is 1. The first-order valence-electron chi connectivity index (χ1n) is 6.04. The summed E-state index contributed by atoms with van der Waals surface area (Å²) in [4.78, 5) is 11.7. The van der Waals surface area contributed by atoms with E-state index in [0.717, 1.165) is 19.4 Å². The summed E-state index contributed by atoms with van der Waals surface area (Å²) in [6.07, 6.45) is 2.77. The van der Waals surface area contributed by atoms with Crippen molar-refractivity contribution >= 4 is 5.78 Å². The summed E-state index contributed by atoms with van der Waals surface area (Å²) >= 11 is 0. The highest BCUT2D eigenvalue weighted by molar-refractivity contribution is 5.83. The molecular weight excluding hydrogens is 198 g/mol. The lowest BCUT2D eigenvalue weighted by molar-refractivity contribution is -0.120. The van der Waals surface area contributed by atoms with Crippen LogP contribution in [0.5, 0.6) is 0 Å². The molecular formula is C14H21NO. The molecule has 0 saturated heterocycles. The third-order valence-corrected chi connectivity index (χ3v) is 2.71. The summed E-state index contributed by atoms with van der Waals surface area (Å²) in [6, 6.07) is 10.1.